The fourth-order valence-corrected chi connectivity index (χ4v) is 2.18. The summed E-state index contributed by atoms with van der Waals surface area (Å²) in [4.78, 5) is 2.12. The van der Waals surface area contributed by atoms with Gasteiger partial charge in [0.05, 0.1) is 6.10 Å². The molecule has 0 saturated heterocycles. The molecule has 3 heteroatoms. The fraction of sp³-hybridized carbons (Fsp3) is 0.263. The number of nitrogens with zero attached hydrogens (tertiary/aromatic N) is 1. The minimum atomic E-state index is -0.452. The lowest BCUT2D eigenvalue weighted by Gasteiger charge is -2.11. The summed E-state index contributed by atoms with van der Waals surface area (Å²) in [5.74, 6) is 0. The zero-order valence-corrected chi connectivity index (χ0v) is 14.0. The third kappa shape index (κ3) is 6.02. The van der Waals surface area contributed by atoms with Gasteiger partial charge in [-0.3, -0.25) is 0 Å². The number of rotatable bonds is 6. The Morgan fingerprint density at radius 1 is 1.00 bits per heavy atom. The maximum atomic E-state index is 10.3. The monoisotopic (exact) mass is 317 g/mol. The Hall–Kier alpha value is -1.61. The third-order valence-electron chi connectivity index (χ3n) is 3.37. The molecule has 1 unspecified atom stereocenters. The number of hydrogen-bond donors (Lipinski definition) is 1. The first-order chi connectivity index (χ1) is 10.1. The van der Waals surface area contributed by atoms with Gasteiger partial charge >= 0.3 is 0 Å². The molecule has 0 aliphatic heterocycles. The number of halogens is 1. The Morgan fingerprint density at radius 3 is 2.23 bits per heavy atom. The van der Waals surface area contributed by atoms with Gasteiger partial charge in [-0.1, -0.05) is 66.7 Å². The third-order valence-corrected chi connectivity index (χ3v) is 3.37. The molecule has 1 atom stereocenters. The summed E-state index contributed by atoms with van der Waals surface area (Å²) in [6.07, 6.45) is 4.44. The quantitative estimate of drug-likeness (QED) is 0.871. The molecule has 2 aromatic carbocycles. The highest BCUT2D eigenvalue weighted by Gasteiger charge is 2.07. The van der Waals surface area contributed by atoms with Crippen molar-refractivity contribution >= 4 is 18.5 Å². The van der Waals surface area contributed by atoms with E-state index in [-0.39, 0.29) is 12.4 Å². The van der Waals surface area contributed by atoms with Gasteiger partial charge in [0, 0.05) is 13.0 Å². The zero-order valence-electron chi connectivity index (χ0n) is 13.1. The number of benzene rings is 2. The van der Waals surface area contributed by atoms with E-state index in [1.165, 1.54) is 0 Å². The first-order valence-electron chi connectivity index (χ1n) is 7.28. The molecule has 0 bridgehead atoms. The SMILES string of the molecule is CN(C)C/C=C/c1ccc(C(O)Cc2ccccc2)cc1.Cl. The Morgan fingerprint density at radius 2 is 1.64 bits per heavy atom. The van der Waals surface area contributed by atoms with Crippen LogP contribution in [0.15, 0.2) is 60.7 Å². The summed E-state index contributed by atoms with van der Waals surface area (Å²) < 4.78 is 0. The molecule has 22 heavy (non-hydrogen) atoms. The molecule has 1 N–H and O–H groups in total. The van der Waals surface area contributed by atoms with E-state index in [1.807, 2.05) is 56.6 Å². The lowest BCUT2D eigenvalue weighted by Crippen LogP contribution is -2.10. The molecule has 0 aliphatic carbocycles. The zero-order chi connectivity index (χ0) is 15.1. The molecule has 0 aromatic heterocycles. The van der Waals surface area contributed by atoms with Gasteiger partial charge in [-0.2, -0.15) is 0 Å². The maximum absolute atomic E-state index is 10.3. The number of aliphatic hydroxyl groups is 1. The predicted molar refractivity (Wildman–Crippen MR) is 96.4 cm³/mol. The number of aliphatic hydroxyl groups excluding tert-OH is 1. The predicted octanol–water partition coefficient (Wildman–Crippen LogP) is 3.96. The number of likely N-dealkylation sites (N-methyl/N-ethyl adjacent to an activating group) is 1. The van der Waals surface area contributed by atoms with Crippen molar-refractivity contribution in [3.63, 3.8) is 0 Å². The highest BCUT2D eigenvalue weighted by molar-refractivity contribution is 5.85. The van der Waals surface area contributed by atoms with Crippen molar-refractivity contribution in [3.8, 4) is 0 Å². The summed E-state index contributed by atoms with van der Waals surface area (Å²) in [7, 11) is 4.10. The summed E-state index contributed by atoms with van der Waals surface area (Å²) in [6.45, 7) is 0.929. The van der Waals surface area contributed by atoms with Gasteiger partial charge in [-0.25, -0.2) is 0 Å². The van der Waals surface area contributed by atoms with Crippen LogP contribution >= 0.6 is 12.4 Å². The topological polar surface area (TPSA) is 23.5 Å². The molecule has 0 amide bonds. The standard InChI is InChI=1S/C19H23NO.ClH/c1-20(2)14-6-9-16-10-12-18(13-11-16)19(21)15-17-7-4-3-5-8-17;/h3-13,19,21H,14-15H2,1-2H3;1H/b9-6+;. The molecule has 0 saturated carbocycles. The first kappa shape index (κ1) is 18.4. The van der Waals surface area contributed by atoms with Crippen LogP contribution in [0.4, 0.5) is 0 Å². The van der Waals surface area contributed by atoms with Crippen molar-refractivity contribution in [2.24, 2.45) is 0 Å². The Labute approximate surface area is 139 Å². The van der Waals surface area contributed by atoms with E-state index < -0.39 is 6.10 Å². The van der Waals surface area contributed by atoms with Crippen molar-refractivity contribution in [1.29, 1.82) is 0 Å². The molecule has 0 fully saturated rings. The molecule has 2 aromatic rings. The maximum Gasteiger partial charge on any atom is 0.0830 e. The van der Waals surface area contributed by atoms with Crippen LogP contribution in [0.1, 0.15) is 22.8 Å². The molecule has 0 heterocycles. The molecular weight excluding hydrogens is 294 g/mol. The second kappa shape index (κ2) is 9.42. The Bertz CT molecular complexity index is 564. The normalized spacial score (nSPS) is 12.4. The molecule has 0 spiro atoms. The average molecular weight is 318 g/mol. The van der Waals surface area contributed by atoms with Crippen molar-refractivity contribution in [2.45, 2.75) is 12.5 Å². The van der Waals surface area contributed by atoms with Gasteiger partial charge in [-0.05, 0) is 30.8 Å². The van der Waals surface area contributed by atoms with E-state index in [4.69, 9.17) is 0 Å². The van der Waals surface area contributed by atoms with Crippen molar-refractivity contribution < 1.29 is 5.11 Å². The summed E-state index contributed by atoms with van der Waals surface area (Å²) in [5, 5.41) is 10.3. The van der Waals surface area contributed by atoms with Crippen LogP contribution < -0.4 is 0 Å². The van der Waals surface area contributed by atoms with Gasteiger partial charge in [0.15, 0.2) is 0 Å². The molecule has 0 radical (unpaired) electrons. The van der Waals surface area contributed by atoms with Crippen molar-refractivity contribution in [2.75, 3.05) is 20.6 Å². The van der Waals surface area contributed by atoms with E-state index in [1.54, 1.807) is 0 Å². The van der Waals surface area contributed by atoms with Crippen LogP contribution in [-0.4, -0.2) is 30.6 Å². The van der Waals surface area contributed by atoms with Crippen LogP contribution in [0, 0.1) is 0 Å². The van der Waals surface area contributed by atoms with Crippen molar-refractivity contribution in [3.05, 3.63) is 77.4 Å². The van der Waals surface area contributed by atoms with E-state index in [2.05, 4.69) is 29.2 Å². The second-order valence-corrected chi connectivity index (χ2v) is 5.54. The highest BCUT2D eigenvalue weighted by Crippen LogP contribution is 2.19. The Balaban J connectivity index is 0.00000242. The van der Waals surface area contributed by atoms with E-state index in [9.17, 15) is 5.11 Å². The van der Waals surface area contributed by atoms with Crippen LogP contribution in [-0.2, 0) is 6.42 Å². The van der Waals surface area contributed by atoms with Gasteiger partial charge < -0.3 is 10.0 Å². The largest absolute Gasteiger partial charge is 0.388 e. The Kier molecular flexibility index (Phi) is 7.89. The average Bonchev–Trinajstić information content (AvgIpc) is 2.48. The highest BCUT2D eigenvalue weighted by atomic mass is 35.5. The van der Waals surface area contributed by atoms with Crippen LogP contribution in [0.3, 0.4) is 0 Å². The van der Waals surface area contributed by atoms with Crippen LogP contribution in [0.2, 0.25) is 0 Å². The minimum Gasteiger partial charge on any atom is -0.388 e. The molecular formula is C19H24ClNO. The van der Waals surface area contributed by atoms with Gasteiger partial charge in [0.25, 0.3) is 0 Å². The smallest absolute Gasteiger partial charge is 0.0830 e. The van der Waals surface area contributed by atoms with E-state index in [0.29, 0.717) is 6.42 Å². The van der Waals surface area contributed by atoms with Crippen LogP contribution in [0.25, 0.3) is 6.08 Å². The summed E-state index contributed by atoms with van der Waals surface area (Å²) >= 11 is 0. The van der Waals surface area contributed by atoms with Gasteiger partial charge in [-0.15, -0.1) is 12.4 Å². The number of hydrogen-bond acceptors (Lipinski definition) is 2. The molecule has 2 nitrogen and oxygen atoms in total. The summed E-state index contributed by atoms with van der Waals surface area (Å²) in [5.41, 5.74) is 3.27. The van der Waals surface area contributed by atoms with E-state index in [0.717, 1.165) is 23.2 Å². The molecule has 2 rings (SSSR count). The second-order valence-electron chi connectivity index (χ2n) is 5.54. The van der Waals surface area contributed by atoms with Crippen LogP contribution in [0.5, 0.6) is 0 Å². The summed E-state index contributed by atoms with van der Waals surface area (Å²) in [6, 6.07) is 18.2. The van der Waals surface area contributed by atoms with E-state index >= 15 is 0 Å². The van der Waals surface area contributed by atoms with Gasteiger partial charge in [0.1, 0.15) is 0 Å². The first-order valence-corrected chi connectivity index (χ1v) is 7.28. The lowest BCUT2D eigenvalue weighted by molar-refractivity contribution is 0.178. The van der Waals surface area contributed by atoms with Gasteiger partial charge in [0.2, 0.25) is 0 Å². The van der Waals surface area contributed by atoms with Crippen molar-refractivity contribution in [1.82, 2.24) is 4.90 Å². The lowest BCUT2D eigenvalue weighted by atomic mass is 10.0. The minimum absolute atomic E-state index is 0. The fourth-order valence-electron chi connectivity index (χ4n) is 2.18. The molecule has 0 aliphatic rings. The molecule has 118 valence electrons.